The van der Waals surface area contributed by atoms with E-state index < -0.39 is 30.2 Å². The third-order valence-corrected chi connectivity index (χ3v) is 5.54. The highest BCUT2D eigenvalue weighted by Gasteiger charge is 2.41. The van der Waals surface area contributed by atoms with Gasteiger partial charge in [0.2, 0.25) is 0 Å². The highest BCUT2D eigenvalue weighted by molar-refractivity contribution is 5.92. The second kappa shape index (κ2) is 11.2. The Balaban J connectivity index is 1.74. The Kier molecular flexibility index (Phi) is 8.95. The Labute approximate surface area is 164 Å². The summed E-state index contributed by atoms with van der Waals surface area (Å²) in [4.78, 5) is 22.5. The van der Waals surface area contributed by atoms with Crippen LogP contribution in [0.2, 0.25) is 0 Å². The number of carbonyl (C=O) groups is 2. The summed E-state index contributed by atoms with van der Waals surface area (Å²) in [5.74, 6) is -1.32. The molecule has 0 bridgehead atoms. The van der Waals surface area contributed by atoms with Crippen LogP contribution < -0.4 is 5.32 Å². The first-order chi connectivity index (χ1) is 13.4. The molecule has 1 amide bonds. The lowest BCUT2D eigenvalue weighted by molar-refractivity contribution is -0.137. The summed E-state index contributed by atoms with van der Waals surface area (Å²) in [6, 6.07) is 3.21. The lowest BCUT2D eigenvalue weighted by Gasteiger charge is -2.24. The second-order valence-corrected chi connectivity index (χ2v) is 7.60. The summed E-state index contributed by atoms with van der Waals surface area (Å²) in [6.07, 6.45) is 4.03. The number of furan rings is 1. The van der Waals surface area contributed by atoms with Gasteiger partial charge in [0.05, 0.1) is 18.5 Å². The first kappa shape index (κ1) is 22.4. The predicted octanol–water partition coefficient (Wildman–Crippen LogP) is 2.14. The number of unbranched alkanes of at least 4 members (excludes halogenated alkanes) is 3. The SMILES string of the molecule is O=C(O)CCCCCC[C@@H]1[C@@H](CCC(O)C(=O)Nc2ccco2)[C@H](O)C[C@@H]1O. The maximum Gasteiger partial charge on any atom is 0.303 e. The summed E-state index contributed by atoms with van der Waals surface area (Å²) in [6.45, 7) is 0. The van der Waals surface area contributed by atoms with Gasteiger partial charge in [0.1, 0.15) is 6.10 Å². The van der Waals surface area contributed by atoms with Gasteiger partial charge in [0, 0.05) is 12.5 Å². The molecule has 2 rings (SSSR count). The van der Waals surface area contributed by atoms with Crippen LogP contribution in [0.1, 0.15) is 57.8 Å². The van der Waals surface area contributed by atoms with Gasteiger partial charge in [-0.3, -0.25) is 14.9 Å². The fourth-order valence-electron chi connectivity index (χ4n) is 4.03. The van der Waals surface area contributed by atoms with Crippen molar-refractivity contribution in [3.05, 3.63) is 18.4 Å². The van der Waals surface area contributed by atoms with E-state index in [2.05, 4.69) is 5.32 Å². The number of carboxylic acid groups (broad SMARTS) is 1. The maximum atomic E-state index is 12.0. The number of anilines is 1. The van der Waals surface area contributed by atoms with Crippen molar-refractivity contribution in [3.8, 4) is 0 Å². The van der Waals surface area contributed by atoms with Crippen LogP contribution in [0.15, 0.2) is 22.8 Å². The van der Waals surface area contributed by atoms with E-state index in [4.69, 9.17) is 9.52 Å². The molecular weight excluding hydrogens is 366 g/mol. The van der Waals surface area contributed by atoms with Crippen LogP contribution in [0.4, 0.5) is 5.88 Å². The van der Waals surface area contributed by atoms with Crippen LogP contribution in [-0.2, 0) is 9.59 Å². The average molecular weight is 397 g/mol. The van der Waals surface area contributed by atoms with Crippen LogP contribution in [0, 0.1) is 11.8 Å². The number of aliphatic hydroxyl groups is 3. The van der Waals surface area contributed by atoms with Gasteiger partial charge in [-0.15, -0.1) is 0 Å². The fraction of sp³-hybridized carbons (Fsp3) is 0.700. The number of carboxylic acids is 1. The molecule has 5 atom stereocenters. The van der Waals surface area contributed by atoms with Crippen molar-refractivity contribution in [2.24, 2.45) is 11.8 Å². The highest BCUT2D eigenvalue weighted by Crippen LogP contribution is 2.39. The third-order valence-electron chi connectivity index (χ3n) is 5.54. The zero-order chi connectivity index (χ0) is 20.5. The summed E-state index contributed by atoms with van der Waals surface area (Å²) in [5.41, 5.74) is 0. The van der Waals surface area contributed by atoms with Crippen LogP contribution in [-0.4, -0.2) is 50.6 Å². The minimum absolute atomic E-state index is 0.0743. The van der Waals surface area contributed by atoms with Crippen molar-refractivity contribution in [2.75, 3.05) is 5.32 Å². The summed E-state index contributed by atoms with van der Waals surface area (Å²) < 4.78 is 5.02. The minimum Gasteiger partial charge on any atom is -0.481 e. The molecule has 0 spiro atoms. The van der Waals surface area contributed by atoms with Gasteiger partial charge in [-0.1, -0.05) is 19.3 Å². The number of aliphatic carboxylic acids is 1. The van der Waals surface area contributed by atoms with E-state index in [1.165, 1.54) is 6.26 Å². The lowest BCUT2D eigenvalue weighted by Crippen LogP contribution is -2.30. The van der Waals surface area contributed by atoms with E-state index in [1.807, 2.05) is 0 Å². The van der Waals surface area contributed by atoms with E-state index in [0.717, 1.165) is 25.7 Å². The highest BCUT2D eigenvalue weighted by atomic mass is 16.4. The Morgan fingerprint density at radius 2 is 1.79 bits per heavy atom. The molecule has 0 radical (unpaired) electrons. The van der Waals surface area contributed by atoms with Crippen LogP contribution in [0.25, 0.3) is 0 Å². The number of hydrogen-bond acceptors (Lipinski definition) is 6. The third kappa shape index (κ3) is 6.92. The molecule has 1 fully saturated rings. The van der Waals surface area contributed by atoms with Gasteiger partial charge in [0.25, 0.3) is 5.91 Å². The Hall–Kier alpha value is -1.90. The van der Waals surface area contributed by atoms with Crippen molar-refractivity contribution < 1.29 is 34.4 Å². The standard InChI is InChI=1S/C20H31NO7/c22-15(20(27)21-18-7-5-11-28-18)10-9-14-13(16(23)12-17(14)24)6-3-1-2-4-8-19(25)26/h5,7,11,13-17,22-24H,1-4,6,8-10,12H2,(H,21,27)(H,25,26)/t13-,14-,15?,16+,17-/m1/s1. The largest absolute Gasteiger partial charge is 0.481 e. The molecule has 0 aliphatic heterocycles. The molecule has 1 aromatic heterocycles. The molecule has 5 N–H and O–H groups in total. The monoisotopic (exact) mass is 397 g/mol. The van der Waals surface area contributed by atoms with Gasteiger partial charge in [-0.25, -0.2) is 0 Å². The molecular formula is C20H31NO7. The Bertz CT molecular complexity index is 604. The average Bonchev–Trinajstić information content (AvgIpc) is 3.23. The van der Waals surface area contributed by atoms with Gasteiger partial charge >= 0.3 is 5.97 Å². The summed E-state index contributed by atoms with van der Waals surface area (Å²) in [7, 11) is 0. The number of aliphatic hydroxyl groups excluding tert-OH is 3. The number of nitrogens with one attached hydrogen (secondary N) is 1. The molecule has 1 aliphatic carbocycles. The number of hydrogen-bond donors (Lipinski definition) is 5. The van der Waals surface area contributed by atoms with Crippen molar-refractivity contribution >= 4 is 17.8 Å². The first-order valence-electron chi connectivity index (χ1n) is 9.99. The van der Waals surface area contributed by atoms with E-state index >= 15 is 0 Å². The molecule has 8 heteroatoms. The zero-order valence-electron chi connectivity index (χ0n) is 16.0. The quantitative estimate of drug-likeness (QED) is 0.340. The van der Waals surface area contributed by atoms with Crippen LogP contribution in [0.5, 0.6) is 0 Å². The molecule has 0 aromatic carbocycles. The molecule has 158 valence electrons. The summed E-state index contributed by atoms with van der Waals surface area (Å²) in [5, 5.41) is 41.7. The van der Waals surface area contributed by atoms with Gasteiger partial charge in [0.15, 0.2) is 5.88 Å². The van der Waals surface area contributed by atoms with E-state index in [1.54, 1.807) is 12.1 Å². The van der Waals surface area contributed by atoms with Gasteiger partial charge in [-0.05, 0) is 50.0 Å². The van der Waals surface area contributed by atoms with Gasteiger partial charge < -0.3 is 24.8 Å². The topological polar surface area (TPSA) is 140 Å². The molecule has 1 aromatic rings. The van der Waals surface area contributed by atoms with Crippen LogP contribution >= 0.6 is 0 Å². The van der Waals surface area contributed by atoms with Gasteiger partial charge in [-0.2, -0.15) is 0 Å². The molecule has 1 heterocycles. The normalized spacial score (nSPS) is 25.5. The fourth-order valence-corrected chi connectivity index (χ4v) is 4.03. The molecule has 28 heavy (non-hydrogen) atoms. The maximum absolute atomic E-state index is 12.0. The Morgan fingerprint density at radius 3 is 2.43 bits per heavy atom. The second-order valence-electron chi connectivity index (χ2n) is 7.60. The van der Waals surface area contributed by atoms with Crippen molar-refractivity contribution in [1.29, 1.82) is 0 Å². The van der Waals surface area contributed by atoms with E-state index in [0.29, 0.717) is 19.3 Å². The van der Waals surface area contributed by atoms with Crippen molar-refractivity contribution in [1.82, 2.24) is 0 Å². The molecule has 1 aliphatic rings. The van der Waals surface area contributed by atoms with Crippen molar-refractivity contribution in [2.45, 2.75) is 76.1 Å². The number of amides is 1. The molecule has 1 saturated carbocycles. The van der Waals surface area contributed by atoms with E-state index in [-0.39, 0.29) is 30.6 Å². The van der Waals surface area contributed by atoms with Crippen molar-refractivity contribution in [3.63, 3.8) is 0 Å². The zero-order valence-corrected chi connectivity index (χ0v) is 16.0. The Morgan fingerprint density at radius 1 is 1.11 bits per heavy atom. The molecule has 8 nitrogen and oxygen atoms in total. The number of rotatable bonds is 12. The van der Waals surface area contributed by atoms with E-state index in [9.17, 15) is 24.9 Å². The smallest absolute Gasteiger partial charge is 0.303 e. The number of carbonyl (C=O) groups excluding carboxylic acids is 1. The van der Waals surface area contributed by atoms with Crippen LogP contribution in [0.3, 0.4) is 0 Å². The summed E-state index contributed by atoms with van der Waals surface area (Å²) >= 11 is 0. The minimum atomic E-state index is -1.22. The lowest BCUT2D eigenvalue weighted by atomic mass is 9.85. The molecule has 1 unspecified atom stereocenters. The first-order valence-corrected chi connectivity index (χ1v) is 9.99. The predicted molar refractivity (Wildman–Crippen MR) is 102 cm³/mol. The molecule has 0 saturated heterocycles.